The summed E-state index contributed by atoms with van der Waals surface area (Å²) in [5, 5.41) is 27.9. The highest BCUT2D eigenvalue weighted by Crippen LogP contribution is 2.68. The number of aliphatic hydroxyl groups is 1. The average Bonchev–Trinajstić information content (AvgIpc) is 3.26. The number of hydrogen-bond acceptors (Lipinski definition) is 8. The summed E-state index contributed by atoms with van der Waals surface area (Å²) in [5.74, 6) is -1.85. The molecule has 1 aliphatic heterocycles. The van der Waals surface area contributed by atoms with E-state index >= 15 is 4.39 Å². The number of ether oxygens (including phenoxy) is 2. The third kappa shape index (κ3) is 4.13. The summed E-state index contributed by atoms with van der Waals surface area (Å²) in [4.78, 5) is 26.7. The van der Waals surface area contributed by atoms with Crippen LogP contribution in [0.1, 0.15) is 65.4 Å². The number of carbonyl (C=O) groups excluding carboxylic acids is 2. The SMILES string of the molecule is C=C[C@]1(C)C[C@@H](OC(=O)COc2ccc3c(c2F)B(O)NN=C3)[C@]2(C)[C@H](C)CC[C@]3(CCC(=O)[C@H]32)[C@@H](C)[C@@H]1O. The molecule has 4 aliphatic rings. The standard InChI is InChI=1S/C29H38BFN2O6/c1-6-27(4)13-21(28(5)16(2)9-11-29(17(3)26(27)36)12-10-19(34)25(28)29)39-22(35)15-38-20-8-7-18-14-32-33-30(37)23(18)24(20)31/h6-8,14,16-17,21,25-26,33,36-37H,1,9-13,15H2,2-5H3/t16-,17+,21-,25+,26+,27-,28+,29+/m1/s1. The maximum atomic E-state index is 15.1. The van der Waals surface area contributed by atoms with Gasteiger partial charge in [0, 0.05) is 28.6 Å². The van der Waals surface area contributed by atoms with Crippen LogP contribution in [0, 0.1) is 39.8 Å². The second-order valence-electron chi connectivity index (χ2n) is 12.5. The van der Waals surface area contributed by atoms with Gasteiger partial charge in [-0.1, -0.05) is 33.8 Å². The third-order valence-corrected chi connectivity index (χ3v) is 10.8. The van der Waals surface area contributed by atoms with E-state index in [1.165, 1.54) is 12.3 Å². The van der Waals surface area contributed by atoms with Crippen LogP contribution in [0.3, 0.4) is 0 Å². The van der Waals surface area contributed by atoms with Crippen LogP contribution in [0.25, 0.3) is 0 Å². The lowest BCUT2D eigenvalue weighted by Crippen LogP contribution is -2.63. The van der Waals surface area contributed by atoms with Gasteiger partial charge in [0.1, 0.15) is 11.9 Å². The molecule has 1 heterocycles. The molecule has 0 radical (unpaired) electrons. The van der Waals surface area contributed by atoms with Crippen molar-refractivity contribution >= 4 is 30.5 Å². The molecular weight excluding hydrogens is 502 g/mol. The Bertz CT molecular complexity index is 1230. The summed E-state index contributed by atoms with van der Waals surface area (Å²) < 4.78 is 26.8. The van der Waals surface area contributed by atoms with Gasteiger partial charge >= 0.3 is 13.0 Å². The Balaban J connectivity index is 1.44. The minimum Gasteiger partial charge on any atom is -0.479 e. The second kappa shape index (κ2) is 9.73. The zero-order chi connectivity index (χ0) is 28.3. The Labute approximate surface area is 229 Å². The summed E-state index contributed by atoms with van der Waals surface area (Å²) >= 11 is 0. The van der Waals surface area contributed by atoms with Crippen LogP contribution in [0.5, 0.6) is 5.75 Å². The van der Waals surface area contributed by atoms with Gasteiger partial charge in [-0.25, -0.2) is 9.18 Å². The first-order valence-electron chi connectivity index (χ1n) is 13.8. The van der Waals surface area contributed by atoms with Crippen LogP contribution in [-0.4, -0.2) is 54.0 Å². The number of esters is 1. The highest BCUT2D eigenvalue weighted by molar-refractivity contribution is 6.65. The van der Waals surface area contributed by atoms with Gasteiger partial charge in [-0.15, -0.1) is 6.58 Å². The van der Waals surface area contributed by atoms with Gasteiger partial charge in [0.15, 0.2) is 18.2 Å². The van der Waals surface area contributed by atoms with Crippen LogP contribution in [0.2, 0.25) is 0 Å². The molecule has 2 bridgehead atoms. The number of hydrogen-bond donors (Lipinski definition) is 3. The summed E-state index contributed by atoms with van der Waals surface area (Å²) in [6.07, 6.45) is 4.89. The van der Waals surface area contributed by atoms with Crippen LogP contribution < -0.4 is 15.5 Å². The second-order valence-corrected chi connectivity index (χ2v) is 12.5. The van der Waals surface area contributed by atoms with E-state index in [1.807, 2.05) is 6.92 Å². The van der Waals surface area contributed by atoms with Crippen molar-refractivity contribution in [1.82, 2.24) is 5.34 Å². The summed E-state index contributed by atoms with van der Waals surface area (Å²) in [5.41, 5.74) is -1.37. The molecule has 39 heavy (non-hydrogen) atoms. The molecule has 0 unspecified atom stereocenters. The molecular formula is C29H38BFN2O6. The number of ketones is 1. The Kier molecular flexibility index (Phi) is 6.95. The molecule has 1 aromatic carbocycles. The summed E-state index contributed by atoms with van der Waals surface area (Å²) in [6.45, 7) is 11.6. The van der Waals surface area contributed by atoms with Crippen LogP contribution in [0.15, 0.2) is 29.9 Å². The first kappa shape index (κ1) is 27.8. The lowest BCUT2D eigenvalue weighted by atomic mass is 9.44. The van der Waals surface area contributed by atoms with Crippen LogP contribution in [-0.2, 0) is 14.3 Å². The van der Waals surface area contributed by atoms with E-state index in [4.69, 9.17) is 9.47 Å². The van der Waals surface area contributed by atoms with E-state index in [-0.39, 0.29) is 40.2 Å². The topological polar surface area (TPSA) is 117 Å². The van der Waals surface area contributed by atoms with E-state index < -0.39 is 48.5 Å². The fourth-order valence-electron chi connectivity index (χ4n) is 8.16. The highest BCUT2D eigenvalue weighted by Gasteiger charge is 2.68. The van der Waals surface area contributed by atoms with Gasteiger partial charge < -0.3 is 24.9 Å². The first-order valence-corrected chi connectivity index (χ1v) is 13.8. The van der Waals surface area contributed by atoms with E-state index in [2.05, 4.69) is 37.8 Å². The molecule has 10 heteroatoms. The van der Waals surface area contributed by atoms with Gasteiger partial charge in [-0.2, -0.15) is 5.10 Å². The molecule has 8 atom stereocenters. The summed E-state index contributed by atoms with van der Waals surface area (Å²) in [6, 6.07) is 2.93. The predicted molar refractivity (Wildman–Crippen MR) is 145 cm³/mol. The summed E-state index contributed by atoms with van der Waals surface area (Å²) in [7, 11) is -1.34. The quantitative estimate of drug-likeness (QED) is 0.299. The van der Waals surface area contributed by atoms with E-state index in [1.54, 1.807) is 12.1 Å². The molecule has 3 saturated carbocycles. The van der Waals surface area contributed by atoms with Crippen LogP contribution in [0.4, 0.5) is 4.39 Å². The van der Waals surface area contributed by atoms with Crippen molar-refractivity contribution in [3.8, 4) is 5.75 Å². The van der Waals surface area contributed by atoms with Gasteiger partial charge in [-0.3, -0.25) is 4.79 Å². The fraction of sp³-hybridized carbons (Fsp3) is 0.621. The number of nitrogens with one attached hydrogen (secondary N) is 1. The molecule has 210 valence electrons. The number of Topliss-reactive ketones (excluding diaryl/α,β-unsaturated/α-hetero) is 1. The van der Waals surface area contributed by atoms with Crippen molar-refractivity contribution in [3.63, 3.8) is 0 Å². The zero-order valence-corrected chi connectivity index (χ0v) is 23.1. The number of aliphatic hydroxyl groups excluding tert-OH is 1. The minimum atomic E-state index is -1.34. The smallest absolute Gasteiger partial charge is 0.467 e. The molecule has 5 rings (SSSR count). The van der Waals surface area contributed by atoms with Crippen LogP contribution >= 0.6 is 0 Å². The Morgan fingerprint density at radius 1 is 1.33 bits per heavy atom. The highest BCUT2D eigenvalue weighted by atomic mass is 19.1. The van der Waals surface area contributed by atoms with Gasteiger partial charge in [0.05, 0.1) is 12.3 Å². The lowest BCUT2D eigenvalue weighted by Gasteiger charge is -2.61. The molecule has 0 saturated heterocycles. The molecule has 0 amide bonds. The Morgan fingerprint density at radius 3 is 2.79 bits per heavy atom. The van der Waals surface area contributed by atoms with Crippen molar-refractivity contribution in [3.05, 3.63) is 36.2 Å². The Morgan fingerprint density at radius 2 is 2.08 bits per heavy atom. The third-order valence-electron chi connectivity index (χ3n) is 10.8. The lowest BCUT2D eigenvalue weighted by molar-refractivity contribution is -0.207. The zero-order valence-electron chi connectivity index (χ0n) is 23.1. The predicted octanol–water partition coefficient (Wildman–Crippen LogP) is 2.74. The monoisotopic (exact) mass is 540 g/mol. The fourth-order valence-corrected chi connectivity index (χ4v) is 8.16. The number of rotatable bonds is 5. The Hall–Kier alpha value is -2.72. The van der Waals surface area contributed by atoms with E-state index in [0.717, 1.165) is 19.3 Å². The maximum absolute atomic E-state index is 15.1. The number of hydrazone groups is 1. The molecule has 3 fully saturated rings. The minimum absolute atomic E-state index is 0.0135. The molecule has 0 spiro atoms. The van der Waals surface area contributed by atoms with Crippen molar-refractivity contribution in [2.24, 2.45) is 39.1 Å². The number of benzene rings is 1. The van der Waals surface area contributed by atoms with Crippen molar-refractivity contribution in [2.45, 2.75) is 72.0 Å². The first-order chi connectivity index (χ1) is 18.4. The van der Waals surface area contributed by atoms with Gasteiger partial charge in [0.25, 0.3) is 0 Å². The molecule has 3 N–H and O–H groups in total. The van der Waals surface area contributed by atoms with E-state index in [0.29, 0.717) is 18.4 Å². The average molecular weight is 540 g/mol. The number of halogens is 1. The largest absolute Gasteiger partial charge is 0.479 e. The molecule has 0 aromatic heterocycles. The van der Waals surface area contributed by atoms with E-state index in [9.17, 15) is 19.7 Å². The number of nitrogens with zero attached hydrogens (tertiary/aromatic N) is 1. The van der Waals surface area contributed by atoms with Gasteiger partial charge in [0.2, 0.25) is 0 Å². The van der Waals surface area contributed by atoms with Crippen molar-refractivity contribution < 1.29 is 33.6 Å². The van der Waals surface area contributed by atoms with Gasteiger partial charge in [-0.05, 0) is 60.6 Å². The van der Waals surface area contributed by atoms with Crippen molar-refractivity contribution in [2.75, 3.05) is 6.61 Å². The normalized spacial score (nSPS) is 39.1. The molecule has 3 aliphatic carbocycles. The number of carbonyl (C=O) groups is 2. The van der Waals surface area contributed by atoms with Crippen molar-refractivity contribution in [1.29, 1.82) is 0 Å². The molecule has 8 nitrogen and oxygen atoms in total. The molecule has 1 aromatic rings. The maximum Gasteiger partial charge on any atom is 0.467 e. The number of fused-ring (bicyclic) bond motifs is 1.